The first-order valence-electron chi connectivity index (χ1n) is 10.4. The molecular weight excluding hydrogens is 396 g/mol. The maximum absolute atomic E-state index is 15.1. The summed E-state index contributed by atoms with van der Waals surface area (Å²) >= 11 is 0. The minimum atomic E-state index is -3.04. The lowest BCUT2D eigenvalue weighted by atomic mass is 9.94. The lowest BCUT2D eigenvalue weighted by Gasteiger charge is -2.35. The molecule has 1 aromatic rings. The van der Waals surface area contributed by atoms with Gasteiger partial charge in [-0.05, 0) is 46.5 Å². The average molecular weight is 427 g/mol. The maximum Gasteiger partial charge on any atom is 0.410 e. The number of hydrogen-bond donors (Lipinski definition) is 0. The van der Waals surface area contributed by atoms with E-state index in [4.69, 9.17) is 4.74 Å². The molecule has 2 aliphatic heterocycles. The molecule has 2 aliphatic rings. The SMILES string of the molecule is COC(=O)CC[C@@H]1CCC(F)(F)c2c3c(nn2C1)C[C@@H](C)N(C(=O)OC(C)(C)C)C3. The Morgan fingerprint density at radius 2 is 2.00 bits per heavy atom. The Morgan fingerprint density at radius 3 is 2.63 bits per heavy atom. The number of aromatic nitrogens is 2. The van der Waals surface area contributed by atoms with Crippen molar-refractivity contribution in [1.82, 2.24) is 14.7 Å². The third-order valence-corrected chi connectivity index (χ3v) is 5.74. The molecule has 30 heavy (non-hydrogen) atoms. The standard InChI is InChI=1S/C21H31F2N3O4/c1-13-10-16-15(12-25(13)19(28)30-20(2,3)4)18-21(22,23)9-8-14(11-26(18)24-16)6-7-17(27)29-5/h13-14H,6-12H2,1-5H3/t13-,14-/m1/s1. The summed E-state index contributed by atoms with van der Waals surface area (Å²) in [5.74, 6) is -3.47. The molecule has 3 heterocycles. The van der Waals surface area contributed by atoms with Gasteiger partial charge in [0.1, 0.15) is 11.3 Å². The lowest BCUT2D eigenvalue weighted by molar-refractivity contribution is -0.141. The summed E-state index contributed by atoms with van der Waals surface area (Å²) in [4.78, 5) is 25.6. The highest BCUT2D eigenvalue weighted by Gasteiger charge is 2.45. The molecule has 0 bridgehead atoms. The van der Waals surface area contributed by atoms with Crippen molar-refractivity contribution in [2.75, 3.05) is 7.11 Å². The fraction of sp³-hybridized carbons (Fsp3) is 0.762. The average Bonchev–Trinajstić information content (AvgIpc) is 2.92. The van der Waals surface area contributed by atoms with E-state index in [1.54, 1.807) is 20.8 Å². The summed E-state index contributed by atoms with van der Waals surface area (Å²) < 4.78 is 41.8. The van der Waals surface area contributed by atoms with E-state index < -0.39 is 17.6 Å². The van der Waals surface area contributed by atoms with Crippen molar-refractivity contribution in [3.05, 3.63) is 17.0 Å². The van der Waals surface area contributed by atoms with Crippen LogP contribution in [0, 0.1) is 5.92 Å². The Hall–Kier alpha value is -2.19. The lowest BCUT2D eigenvalue weighted by Crippen LogP contribution is -2.45. The summed E-state index contributed by atoms with van der Waals surface area (Å²) in [7, 11) is 1.32. The number of amides is 1. The molecule has 0 N–H and O–H groups in total. The van der Waals surface area contributed by atoms with Gasteiger partial charge in [0.15, 0.2) is 0 Å². The Balaban J connectivity index is 1.87. The Bertz CT molecular complexity index is 816. The third kappa shape index (κ3) is 4.75. The molecule has 0 saturated carbocycles. The number of ether oxygens (including phenoxy) is 2. The number of methoxy groups -OCH3 is 1. The molecule has 1 amide bonds. The molecule has 3 rings (SSSR count). The molecule has 7 nitrogen and oxygen atoms in total. The summed E-state index contributed by atoms with van der Waals surface area (Å²) in [5.41, 5.74) is 0.283. The summed E-state index contributed by atoms with van der Waals surface area (Å²) in [6.07, 6.45) is 0.568. The second-order valence-corrected chi connectivity index (χ2v) is 9.34. The molecule has 0 radical (unpaired) electrons. The van der Waals surface area contributed by atoms with E-state index in [0.717, 1.165) is 0 Å². The van der Waals surface area contributed by atoms with Crippen molar-refractivity contribution < 1.29 is 27.8 Å². The van der Waals surface area contributed by atoms with Gasteiger partial charge in [0, 0.05) is 37.4 Å². The molecule has 0 aliphatic carbocycles. The van der Waals surface area contributed by atoms with Gasteiger partial charge in [-0.3, -0.25) is 9.48 Å². The highest BCUT2D eigenvalue weighted by atomic mass is 19.3. The van der Waals surface area contributed by atoms with Crippen molar-refractivity contribution >= 4 is 12.1 Å². The van der Waals surface area contributed by atoms with Crippen molar-refractivity contribution in [3.63, 3.8) is 0 Å². The first-order chi connectivity index (χ1) is 13.9. The predicted octanol–water partition coefficient (Wildman–Crippen LogP) is 4.02. The van der Waals surface area contributed by atoms with Crippen molar-refractivity contribution in [2.24, 2.45) is 5.92 Å². The molecule has 0 spiro atoms. The van der Waals surface area contributed by atoms with Gasteiger partial charge < -0.3 is 14.4 Å². The minimum Gasteiger partial charge on any atom is -0.469 e. The van der Waals surface area contributed by atoms with Crippen LogP contribution in [-0.2, 0) is 39.7 Å². The molecule has 9 heteroatoms. The molecule has 2 atom stereocenters. The van der Waals surface area contributed by atoms with Gasteiger partial charge in [-0.15, -0.1) is 0 Å². The number of halogens is 2. The van der Waals surface area contributed by atoms with Crippen LogP contribution in [0.1, 0.15) is 70.3 Å². The minimum absolute atomic E-state index is 0.0587. The smallest absolute Gasteiger partial charge is 0.410 e. The van der Waals surface area contributed by atoms with Crippen LogP contribution in [0.5, 0.6) is 0 Å². The quantitative estimate of drug-likeness (QED) is 0.681. The summed E-state index contributed by atoms with van der Waals surface area (Å²) in [5, 5.41) is 4.50. The van der Waals surface area contributed by atoms with Gasteiger partial charge in [0.05, 0.1) is 19.3 Å². The number of hydrogen-bond acceptors (Lipinski definition) is 5. The number of rotatable bonds is 3. The molecule has 0 saturated heterocycles. The molecule has 0 unspecified atom stereocenters. The van der Waals surface area contributed by atoms with Crippen LogP contribution in [-0.4, -0.2) is 45.5 Å². The predicted molar refractivity (Wildman–Crippen MR) is 105 cm³/mol. The Labute approximate surface area is 175 Å². The zero-order valence-corrected chi connectivity index (χ0v) is 18.3. The fourth-order valence-corrected chi connectivity index (χ4v) is 4.20. The molecule has 1 aromatic heterocycles. The zero-order chi connectivity index (χ0) is 22.3. The van der Waals surface area contributed by atoms with Crippen molar-refractivity contribution in [2.45, 2.75) is 90.5 Å². The van der Waals surface area contributed by atoms with Crippen LogP contribution < -0.4 is 0 Å². The van der Waals surface area contributed by atoms with Gasteiger partial charge in [-0.25, -0.2) is 4.79 Å². The number of fused-ring (bicyclic) bond motifs is 3. The first-order valence-corrected chi connectivity index (χ1v) is 10.4. The van der Waals surface area contributed by atoms with Crippen LogP contribution in [0.4, 0.5) is 13.6 Å². The second-order valence-electron chi connectivity index (χ2n) is 9.34. The molecule has 168 valence electrons. The maximum atomic E-state index is 15.1. The van der Waals surface area contributed by atoms with E-state index in [0.29, 0.717) is 37.1 Å². The zero-order valence-electron chi connectivity index (χ0n) is 18.3. The van der Waals surface area contributed by atoms with E-state index in [2.05, 4.69) is 9.84 Å². The number of alkyl halides is 2. The van der Waals surface area contributed by atoms with Gasteiger partial charge in [0.25, 0.3) is 5.92 Å². The van der Waals surface area contributed by atoms with E-state index in [-0.39, 0.29) is 43.0 Å². The Kier molecular flexibility index (Phi) is 6.11. The van der Waals surface area contributed by atoms with Gasteiger partial charge in [0.2, 0.25) is 0 Å². The van der Waals surface area contributed by atoms with Crippen LogP contribution in [0.25, 0.3) is 0 Å². The van der Waals surface area contributed by atoms with Crippen molar-refractivity contribution in [3.8, 4) is 0 Å². The summed E-state index contributed by atoms with van der Waals surface area (Å²) in [6, 6.07) is -0.199. The topological polar surface area (TPSA) is 73.7 Å². The first kappa shape index (κ1) is 22.5. The molecule has 0 fully saturated rings. The van der Waals surface area contributed by atoms with Gasteiger partial charge in [-0.2, -0.15) is 13.9 Å². The van der Waals surface area contributed by atoms with Crippen LogP contribution in [0.2, 0.25) is 0 Å². The summed E-state index contributed by atoms with van der Waals surface area (Å²) in [6.45, 7) is 7.59. The third-order valence-electron chi connectivity index (χ3n) is 5.74. The highest BCUT2D eigenvalue weighted by Crippen LogP contribution is 2.43. The largest absolute Gasteiger partial charge is 0.469 e. The number of carbonyl (C=O) groups is 2. The fourth-order valence-electron chi connectivity index (χ4n) is 4.20. The number of nitrogens with zero attached hydrogens (tertiary/aromatic N) is 3. The van der Waals surface area contributed by atoms with Crippen LogP contribution in [0.15, 0.2) is 0 Å². The second kappa shape index (κ2) is 8.15. The van der Waals surface area contributed by atoms with Gasteiger partial charge in [-0.1, -0.05) is 0 Å². The Morgan fingerprint density at radius 1 is 1.30 bits per heavy atom. The highest BCUT2D eigenvalue weighted by molar-refractivity contribution is 5.69. The van der Waals surface area contributed by atoms with Gasteiger partial charge >= 0.3 is 12.1 Å². The van der Waals surface area contributed by atoms with E-state index in [1.165, 1.54) is 16.7 Å². The molecule has 0 aromatic carbocycles. The van der Waals surface area contributed by atoms with E-state index >= 15 is 8.78 Å². The monoisotopic (exact) mass is 427 g/mol. The van der Waals surface area contributed by atoms with E-state index in [9.17, 15) is 9.59 Å². The van der Waals surface area contributed by atoms with Crippen molar-refractivity contribution in [1.29, 1.82) is 0 Å². The molecular formula is C21H31F2N3O4. The normalized spacial score (nSPS) is 23.2. The number of esters is 1. The number of carbonyl (C=O) groups excluding carboxylic acids is 2. The van der Waals surface area contributed by atoms with Crippen LogP contribution >= 0.6 is 0 Å². The van der Waals surface area contributed by atoms with E-state index in [1.807, 2.05) is 6.92 Å². The van der Waals surface area contributed by atoms with Crippen LogP contribution in [0.3, 0.4) is 0 Å².